The van der Waals surface area contributed by atoms with Gasteiger partial charge in [-0.1, -0.05) is 30.3 Å². The third-order valence-corrected chi connectivity index (χ3v) is 5.75. The molecule has 3 amide bonds. The zero-order valence-electron chi connectivity index (χ0n) is 16.5. The van der Waals surface area contributed by atoms with Gasteiger partial charge in [0, 0.05) is 36.0 Å². The van der Waals surface area contributed by atoms with E-state index in [0.29, 0.717) is 42.8 Å². The van der Waals surface area contributed by atoms with Gasteiger partial charge in [0.1, 0.15) is 11.4 Å². The summed E-state index contributed by atoms with van der Waals surface area (Å²) in [6.07, 6.45) is 4.01. The van der Waals surface area contributed by atoms with Crippen LogP contribution in [0.15, 0.2) is 48.7 Å². The van der Waals surface area contributed by atoms with Crippen molar-refractivity contribution in [1.29, 1.82) is 0 Å². The van der Waals surface area contributed by atoms with Crippen molar-refractivity contribution in [3.05, 3.63) is 65.7 Å². The van der Waals surface area contributed by atoms with Crippen LogP contribution in [-0.4, -0.2) is 38.7 Å². The van der Waals surface area contributed by atoms with E-state index < -0.39 is 0 Å². The molecule has 7 heteroatoms. The van der Waals surface area contributed by atoms with E-state index in [0.717, 1.165) is 23.9 Å². The quantitative estimate of drug-likeness (QED) is 0.680. The minimum absolute atomic E-state index is 0.0251. The van der Waals surface area contributed by atoms with Gasteiger partial charge in [0.25, 0.3) is 11.8 Å². The first-order valence-electron chi connectivity index (χ1n) is 10.3. The number of fused-ring (bicyclic) bond motifs is 3. The van der Waals surface area contributed by atoms with Crippen molar-refractivity contribution in [2.24, 2.45) is 5.92 Å². The Hall–Kier alpha value is -3.48. The lowest BCUT2D eigenvalue weighted by Gasteiger charge is -2.18. The average Bonchev–Trinajstić information content (AvgIpc) is 3.58. The second kappa shape index (κ2) is 7.40. The number of nitrogens with zero attached hydrogens (tertiary/aromatic N) is 3. The van der Waals surface area contributed by atoms with Crippen LogP contribution in [-0.2, 0) is 17.9 Å². The van der Waals surface area contributed by atoms with Crippen LogP contribution in [0.5, 0.6) is 0 Å². The number of hydrogen-bond acceptors (Lipinski definition) is 4. The molecule has 2 aliphatic rings. The molecule has 3 aromatic rings. The topological polar surface area (TPSA) is 84.3 Å². The zero-order valence-corrected chi connectivity index (χ0v) is 16.5. The Morgan fingerprint density at radius 2 is 1.80 bits per heavy atom. The summed E-state index contributed by atoms with van der Waals surface area (Å²) in [5, 5.41) is 4.36. The molecule has 0 bridgehead atoms. The van der Waals surface area contributed by atoms with Crippen LogP contribution in [0, 0.1) is 5.92 Å². The molecule has 0 spiro atoms. The summed E-state index contributed by atoms with van der Waals surface area (Å²) in [6, 6.07) is 13.0. The molecule has 0 unspecified atom stereocenters. The number of rotatable bonds is 4. The number of pyridine rings is 1. The predicted octanol–water partition coefficient (Wildman–Crippen LogP) is 2.75. The van der Waals surface area contributed by atoms with Crippen molar-refractivity contribution in [2.45, 2.75) is 32.4 Å². The van der Waals surface area contributed by atoms with Crippen molar-refractivity contribution in [2.75, 3.05) is 6.54 Å². The third-order valence-electron chi connectivity index (χ3n) is 5.75. The fraction of sp³-hybridized carbons (Fsp3) is 0.304. The van der Waals surface area contributed by atoms with E-state index in [4.69, 9.17) is 0 Å². The Morgan fingerprint density at radius 3 is 2.53 bits per heavy atom. The number of benzene rings is 1. The van der Waals surface area contributed by atoms with Gasteiger partial charge in [-0.2, -0.15) is 0 Å². The number of carbonyl (C=O) groups is 3. The van der Waals surface area contributed by atoms with Crippen LogP contribution in [0.25, 0.3) is 10.8 Å². The molecule has 1 aliphatic heterocycles. The van der Waals surface area contributed by atoms with Gasteiger partial charge >= 0.3 is 0 Å². The molecular formula is C23H22N4O3. The first-order valence-corrected chi connectivity index (χ1v) is 10.3. The average molecular weight is 402 g/mol. The molecule has 1 saturated carbocycles. The molecule has 152 valence electrons. The monoisotopic (exact) mass is 402 g/mol. The molecule has 7 nitrogen and oxygen atoms in total. The van der Waals surface area contributed by atoms with Gasteiger partial charge in [0.2, 0.25) is 5.91 Å². The van der Waals surface area contributed by atoms with Gasteiger partial charge in [-0.3, -0.25) is 24.3 Å². The maximum absolute atomic E-state index is 13.4. The van der Waals surface area contributed by atoms with E-state index in [1.54, 1.807) is 10.8 Å². The van der Waals surface area contributed by atoms with Crippen molar-refractivity contribution < 1.29 is 14.4 Å². The minimum Gasteiger partial charge on any atom is -0.345 e. The Morgan fingerprint density at radius 1 is 1.03 bits per heavy atom. The van der Waals surface area contributed by atoms with E-state index in [1.807, 2.05) is 42.5 Å². The second-order valence-electron chi connectivity index (χ2n) is 7.82. The minimum atomic E-state index is -0.302. The van der Waals surface area contributed by atoms with Crippen LogP contribution in [0.1, 0.15) is 45.9 Å². The Labute approximate surface area is 173 Å². The molecule has 1 N–H and O–H groups in total. The highest BCUT2D eigenvalue weighted by molar-refractivity contribution is 6.17. The van der Waals surface area contributed by atoms with Crippen LogP contribution < -0.4 is 5.32 Å². The summed E-state index contributed by atoms with van der Waals surface area (Å²) in [4.78, 5) is 44.9. The molecule has 1 aliphatic carbocycles. The summed E-state index contributed by atoms with van der Waals surface area (Å²) in [6.45, 7) is 1.20. The smallest absolute Gasteiger partial charge is 0.277 e. The van der Waals surface area contributed by atoms with Gasteiger partial charge < -0.3 is 9.88 Å². The maximum Gasteiger partial charge on any atom is 0.277 e. The molecule has 30 heavy (non-hydrogen) atoms. The van der Waals surface area contributed by atoms with Gasteiger partial charge in [0.15, 0.2) is 0 Å². The molecule has 3 heterocycles. The Balaban J connectivity index is 1.54. The molecule has 1 aromatic carbocycles. The second-order valence-corrected chi connectivity index (χ2v) is 7.82. The standard InChI is InChI=1S/C23H22N4O3/c28-21(25-14-16-6-3-4-11-24-16)19-17-7-1-2-8-18(17)20-23(30)27(13-5-12-26(19)20)22(29)15-9-10-15/h1-4,6-8,11,15H,5,9-10,12-14H2,(H,25,28). The van der Waals surface area contributed by atoms with Crippen LogP contribution >= 0.6 is 0 Å². The highest BCUT2D eigenvalue weighted by Gasteiger charge is 2.39. The van der Waals surface area contributed by atoms with Gasteiger partial charge in [0.05, 0.1) is 12.2 Å². The van der Waals surface area contributed by atoms with E-state index in [2.05, 4.69) is 10.3 Å². The summed E-state index contributed by atoms with van der Waals surface area (Å²) >= 11 is 0. The van der Waals surface area contributed by atoms with Crippen molar-refractivity contribution in [3.63, 3.8) is 0 Å². The summed E-state index contributed by atoms with van der Waals surface area (Å²) in [5.41, 5.74) is 1.65. The van der Waals surface area contributed by atoms with Crippen LogP contribution in [0.3, 0.4) is 0 Å². The molecular weight excluding hydrogens is 380 g/mol. The highest BCUT2D eigenvalue weighted by Crippen LogP contribution is 2.34. The summed E-state index contributed by atoms with van der Waals surface area (Å²) in [5.74, 6) is -0.662. The molecule has 1 fully saturated rings. The number of hydrogen-bond donors (Lipinski definition) is 1. The fourth-order valence-corrected chi connectivity index (χ4v) is 4.13. The lowest BCUT2D eigenvalue weighted by Crippen LogP contribution is -2.38. The maximum atomic E-state index is 13.4. The fourth-order valence-electron chi connectivity index (χ4n) is 4.13. The van der Waals surface area contributed by atoms with Gasteiger partial charge in [-0.05, 0) is 31.4 Å². The summed E-state index contributed by atoms with van der Waals surface area (Å²) in [7, 11) is 0. The normalized spacial score (nSPS) is 16.3. The zero-order chi connectivity index (χ0) is 20.7. The number of carbonyl (C=O) groups excluding carboxylic acids is 3. The largest absolute Gasteiger partial charge is 0.345 e. The SMILES string of the molecule is O=C(NCc1ccccn1)c1c2ccccc2c2n1CCCN(C(=O)C1CC1)C2=O. The number of nitrogens with one attached hydrogen (secondary N) is 1. The first kappa shape index (κ1) is 18.5. The van der Waals surface area contributed by atoms with Crippen LogP contribution in [0.4, 0.5) is 0 Å². The van der Waals surface area contributed by atoms with E-state index in [1.165, 1.54) is 4.90 Å². The Kier molecular flexibility index (Phi) is 4.58. The number of aromatic nitrogens is 2. The molecule has 5 rings (SSSR count). The number of amides is 3. The van der Waals surface area contributed by atoms with Gasteiger partial charge in [-0.15, -0.1) is 0 Å². The van der Waals surface area contributed by atoms with Crippen molar-refractivity contribution in [1.82, 2.24) is 19.8 Å². The first-order chi connectivity index (χ1) is 14.6. The van der Waals surface area contributed by atoms with Crippen molar-refractivity contribution in [3.8, 4) is 0 Å². The van der Waals surface area contributed by atoms with E-state index >= 15 is 0 Å². The Bertz CT molecular complexity index is 1150. The molecule has 0 atom stereocenters. The highest BCUT2D eigenvalue weighted by atomic mass is 16.2. The number of imide groups is 1. The summed E-state index contributed by atoms with van der Waals surface area (Å²) < 4.78 is 1.79. The molecule has 0 saturated heterocycles. The molecule has 0 radical (unpaired) electrons. The van der Waals surface area contributed by atoms with E-state index in [9.17, 15) is 14.4 Å². The lowest BCUT2D eigenvalue weighted by atomic mass is 10.1. The molecule has 2 aromatic heterocycles. The van der Waals surface area contributed by atoms with Crippen molar-refractivity contribution >= 4 is 28.5 Å². The van der Waals surface area contributed by atoms with Crippen LogP contribution in [0.2, 0.25) is 0 Å². The third kappa shape index (κ3) is 3.16. The van der Waals surface area contributed by atoms with Gasteiger partial charge in [-0.25, -0.2) is 0 Å². The van der Waals surface area contributed by atoms with E-state index in [-0.39, 0.29) is 23.6 Å². The lowest BCUT2D eigenvalue weighted by molar-refractivity contribution is -0.129. The predicted molar refractivity (Wildman–Crippen MR) is 111 cm³/mol.